The minimum atomic E-state index is -0.770. The summed E-state index contributed by atoms with van der Waals surface area (Å²) >= 11 is 0. The lowest BCUT2D eigenvalue weighted by Gasteiger charge is -2.32. The summed E-state index contributed by atoms with van der Waals surface area (Å²) in [6.07, 6.45) is 0.199. The highest BCUT2D eigenvalue weighted by Gasteiger charge is 2.52. The lowest BCUT2D eigenvalue weighted by molar-refractivity contribution is -0.120. The molecule has 1 heterocycles. The summed E-state index contributed by atoms with van der Waals surface area (Å²) in [6, 6.07) is 4.70. The highest BCUT2D eigenvalue weighted by molar-refractivity contribution is 6.62. The molecule has 1 N–H and O–H groups in total. The van der Waals surface area contributed by atoms with Crippen LogP contribution in [0.4, 0.5) is 4.39 Å². The molecule has 1 aliphatic rings. The molecule has 6 heteroatoms. The predicted octanol–water partition coefficient (Wildman–Crippen LogP) is 2.19. The molecule has 1 aromatic carbocycles. The molecule has 23 heavy (non-hydrogen) atoms. The SMILES string of the molecule is CC(C)NC(=O)Cc1ccc(F)c(B2OC(C)(C)C(C)(C)O2)c1. The van der Waals surface area contributed by atoms with Gasteiger partial charge in [0, 0.05) is 11.5 Å². The van der Waals surface area contributed by atoms with Gasteiger partial charge in [0.05, 0.1) is 17.6 Å². The zero-order valence-electron chi connectivity index (χ0n) is 14.7. The first-order valence-electron chi connectivity index (χ1n) is 7.95. The Kier molecular flexibility index (Phi) is 4.88. The van der Waals surface area contributed by atoms with E-state index in [9.17, 15) is 9.18 Å². The Labute approximate surface area is 137 Å². The van der Waals surface area contributed by atoms with Gasteiger partial charge in [-0.25, -0.2) is 4.39 Å². The number of hydrogen-bond donors (Lipinski definition) is 1. The van der Waals surface area contributed by atoms with Crippen molar-refractivity contribution in [3.63, 3.8) is 0 Å². The fourth-order valence-electron chi connectivity index (χ4n) is 2.41. The van der Waals surface area contributed by atoms with Gasteiger partial charge in [-0.1, -0.05) is 12.1 Å². The van der Waals surface area contributed by atoms with Crippen molar-refractivity contribution >= 4 is 18.5 Å². The molecule has 1 saturated heterocycles. The topological polar surface area (TPSA) is 47.6 Å². The third-order valence-corrected chi connectivity index (χ3v) is 4.38. The van der Waals surface area contributed by atoms with E-state index in [-0.39, 0.29) is 18.4 Å². The lowest BCUT2D eigenvalue weighted by atomic mass is 9.77. The molecular weight excluding hydrogens is 296 g/mol. The quantitative estimate of drug-likeness (QED) is 0.865. The molecule has 0 saturated carbocycles. The molecule has 126 valence electrons. The van der Waals surface area contributed by atoms with E-state index in [1.165, 1.54) is 6.07 Å². The summed E-state index contributed by atoms with van der Waals surface area (Å²) in [5, 5.41) is 2.83. The average Bonchev–Trinajstić information content (AvgIpc) is 2.59. The second-order valence-electron chi connectivity index (χ2n) is 7.34. The Balaban J connectivity index is 2.21. The van der Waals surface area contributed by atoms with Crippen LogP contribution in [-0.2, 0) is 20.5 Å². The van der Waals surface area contributed by atoms with Crippen molar-refractivity contribution in [1.29, 1.82) is 0 Å². The van der Waals surface area contributed by atoms with Gasteiger partial charge in [0.2, 0.25) is 5.91 Å². The number of benzene rings is 1. The third kappa shape index (κ3) is 3.93. The monoisotopic (exact) mass is 321 g/mol. The number of halogens is 1. The fourth-order valence-corrected chi connectivity index (χ4v) is 2.41. The highest BCUT2D eigenvalue weighted by Crippen LogP contribution is 2.36. The fraction of sp³-hybridized carbons (Fsp3) is 0.588. The largest absolute Gasteiger partial charge is 0.497 e. The van der Waals surface area contributed by atoms with Gasteiger partial charge >= 0.3 is 7.12 Å². The summed E-state index contributed by atoms with van der Waals surface area (Å²) in [5.41, 5.74) is -0.00248. The summed E-state index contributed by atoms with van der Waals surface area (Å²) < 4.78 is 26.0. The number of carbonyl (C=O) groups is 1. The van der Waals surface area contributed by atoms with E-state index in [0.29, 0.717) is 5.46 Å². The number of amides is 1. The van der Waals surface area contributed by atoms with Gasteiger partial charge in [0.25, 0.3) is 0 Å². The first kappa shape index (κ1) is 18.0. The molecule has 0 atom stereocenters. The van der Waals surface area contributed by atoms with Gasteiger partial charge in [-0.2, -0.15) is 0 Å². The van der Waals surface area contributed by atoms with Crippen molar-refractivity contribution in [3.05, 3.63) is 29.6 Å². The third-order valence-electron chi connectivity index (χ3n) is 4.38. The molecule has 1 fully saturated rings. The van der Waals surface area contributed by atoms with Crippen molar-refractivity contribution in [1.82, 2.24) is 5.32 Å². The first-order chi connectivity index (χ1) is 10.5. The minimum absolute atomic E-state index is 0.0746. The van der Waals surface area contributed by atoms with Crippen molar-refractivity contribution in [2.24, 2.45) is 0 Å². The second kappa shape index (κ2) is 6.25. The normalized spacial score (nSPS) is 19.2. The molecule has 0 aromatic heterocycles. The number of hydrogen-bond acceptors (Lipinski definition) is 3. The number of carbonyl (C=O) groups excluding carboxylic acids is 1. The van der Waals surface area contributed by atoms with Crippen LogP contribution in [0.1, 0.15) is 47.1 Å². The van der Waals surface area contributed by atoms with Gasteiger partial charge < -0.3 is 14.6 Å². The Hall–Kier alpha value is -1.40. The molecule has 1 aromatic rings. The molecule has 1 amide bonds. The van der Waals surface area contributed by atoms with Crippen LogP contribution in [0, 0.1) is 5.82 Å². The second-order valence-corrected chi connectivity index (χ2v) is 7.34. The van der Waals surface area contributed by atoms with Crippen LogP contribution in [-0.4, -0.2) is 30.3 Å². The zero-order chi connectivity index (χ0) is 17.4. The van der Waals surface area contributed by atoms with Crippen molar-refractivity contribution in [2.45, 2.75) is 65.2 Å². The van der Waals surface area contributed by atoms with Gasteiger partial charge in [-0.05, 0) is 53.2 Å². The smallest absolute Gasteiger partial charge is 0.399 e. The average molecular weight is 321 g/mol. The van der Waals surface area contributed by atoms with Crippen LogP contribution in [0.15, 0.2) is 18.2 Å². The molecule has 0 unspecified atom stereocenters. The van der Waals surface area contributed by atoms with E-state index >= 15 is 0 Å². The van der Waals surface area contributed by atoms with Gasteiger partial charge in [0.1, 0.15) is 5.82 Å². The molecule has 0 bridgehead atoms. The molecule has 0 radical (unpaired) electrons. The number of rotatable bonds is 4. The van der Waals surface area contributed by atoms with Crippen molar-refractivity contribution in [2.75, 3.05) is 0 Å². The lowest BCUT2D eigenvalue weighted by Crippen LogP contribution is -2.41. The first-order valence-corrected chi connectivity index (χ1v) is 7.95. The van der Waals surface area contributed by atoms with Crippen LogP contribution in [0.3, 0.4) is 0 Å². The molecule has 4 nitrogen and oxygen atoms in total. The molecule has 0 spiro atoms. The minimum Gasteiger partial charge on any atom is -0.399 e. The van der Waals surface area contributed by atoms with Gasteiger partial charge in [-0.3, -0.25) is 4.79 Å². The van der Waals surface area contributed by atoms with Gasteiger partial charge in [-0.15, -0.1) is 0 Å². The Morgan fingerprint density at radius 3 is 2.30 bits per heavy atom. The standard InChI is InChI=1S/C17H25BFNO3/c1-11(2)20-15(21)10-12-7-8-14(19)13(9-12)18-22-16(3,4)17(5,6)23-18/h7-9,11H,10H2,1-6H3,(H,20,21). The van der Waals surface area contributed by atoms with E-state index in [1.807, 2.05) is 41.5 Å². The van der Waals surface area contributed by atoms with E-state index in [1.54, 1.807) is 12.1 Å². The van der Waals surface area contributed by atoms with Crippen LogP contribution in [0.25, 0.3) is 0 Å². The van der Waals surface area contributed by atoms with Crippen LogP contribution < -0.4 is 10.8 Å². The number of nitrogens with one attached hydrogen (secondary N) is 1. The summed E-state index contributed by atoms with van der Waals surface area (Å²) in [4.78, 5) is 11.9. The Bertz CT molecular complexity index is 586. The van der Waals surface area contributed by atoms with E-state index in [0.717, 1.165) is 5.56 Å². The summed E-state index contributed by atoms with van der Waals surface area (Å²) in [6.45, 7) is 11.5. The Morgan fingerprint density at radius 2 is 1.78 bits per heavy atom. The molecule has 0 aliphatic carbocycles. The van der Waals surface area contributed by atoms with Crippen molar-refractivity contribution < 1.29 is 18.5 Å². The Morgan fingerprint density at radius 1 is 1.22 bits per heavy atom. The molecule has 1 aliphatic heterocycles. The zero-order valence-corrected chi connectivity index (χ0v) is 14.7. The van der Waals surface area contributed by atoms with E-state index in [4.69, 9.17) is 9.31 Å². The van der Waals surface area contributed by atoms with Crippen molar-refractivity contribution in [3.8, 4) is 0 Å². The summed E-state index contributed by atoms with van der Waals surface area (Å²) in [5.74, 6) is -0.483. The van der Waals surface area contributed by atoms with Crippen LogP contribution in [0.5, 0.6) is 0 Å². The van der Waals surface area contributed by atoms with Crippen LogP contribution >= 0.6 is 0 Å². The summed E-state index contributed by atoms with van der Waals surface area (Å²) in [7, 11) is -0.770. The maximum atomic E-state index is 14.2. The predicted molar refractivity (Wildman–Crippen MR) is 89.1 cm³/mol. The van der Waals surface area contributed by atoms with Gasteiger partial charge in [0.15, 0.2) is 0 Å². The van der Waals surface area contributed by atoms with Crippen LogP contribution in [0.2, 0.25) is 0 Å². The maximum absolute atomic E-state index is 14.2. The highest BCUT2D eigenvalue weighted by atomic mass is 19.1. The molecule has 2 rings (SSSR count). The van der Waals surface area contributed by atoms with E-state index in [2.05, 4.69) is 5.32 Å². The maximum Gasteiger partial charge on any atom is 0.497 e. The molecular formula is C17H25BFNO3. The van der Waals surface area contributed by atoms with E-state index < -0.39 is 24.1 Å².